The third-order valence-electron chi connectivity index (χ3n) is 9.04. The van der Waals surface area contributed by atoms with E-state index in [1.807, 2.05) is 57.0 Å². The van der Waals surface area contributed by atoms with Crippen LogP contribution in [0.1, 0.15) is 31.9 Å². The number of likely N-dealkylation sites (N-methyl/N-ethyl adjacent to an activating group) is 1. The molecule has 2 aromatic heterocycles. The van der Waals surface area contributed by atoms with Gasteiger partial charge in [-0.3, -0.25) is 0 Å². The van der Waals surface area contributed by atoms with Crippen molar-refractivity contribution in [2.24, 2.45) is 5.92 Å². The predicted molar refractivity (Wildman–Crippen MR) is 175 cm³/mol. The van der Waals surface area contributed by atoms with Crippen molar-refractivity contribution >= 4 is 53.8 Å². The molecule has 0 bridgehead atoms. The number of nitrogens with zero attached hydrogens (tertiary/aromatic N) is 4. The maximum absolute atomic E-state index is 11.9. The second kappa shape index (κ2) is 9.97. The van der Waals surface area contributed by atoms with Gasteiger partial charge in [-0.1, -0.05) is 48.0 Å². The number of benzene rings is 4. The largest absolute Gasteiger partial charge is 0.505 e. The van der Waals surface area contributed by atoms with Gasteiger partial charge in [-0.05, 0) is 74.4 Å². The molecule has 2 unspecified atom stereocenters. The summed E-state index contributed by atoms with van der Waals surface area (Å²) in [6.45, 7) is 7.88. The molecule has 0 aliphatic heterocycles. The van der Waals surface area contributed by atoms with Crippen LogP contribution in [0.2, 0.25) is 0 Å². The van der Waals surface area contributed by atoms with Gasteiger partial charge < -0.3 is 20.2 Å². The molecular weight excluding hydrogens is 556 g/mol. The molecule has 0 saturated heterocycles. The summed E-state index contributed by atoms with van der Waals surface area (Å²) in [7, 11) is 1.96. The molecule has 0 radical (unpaired) electrons. The summed E-state index contributed by atoms with van der Waals surface area (Å²) in [5, 5.41) is 45.9. The average molecular weight is 589 g/mol. The zero-order chi connectivity index (χ0) is 30.2. The first-order valence-corrected chi connectivity index (χ1v) is 15.1. The summed E-state index contributed by atoms with van der Waals surface area (Å²) in [6, 6.07) is 24.0. The maximum atomic E-state index is 11.9. The van der Waals surface area contributed by atoms with E-state index in [2.05, 4.69) is 52.8 Å². The number of phenolic OH excluding ortho intramolecular Hbond substituents is 2. The van der Waals surface area contributed by atoms with Crippen LogP contribution in [0.15, 0.2) is 89.6 Å². The Morgan fingerprint density at radius 3 is 2.40 bits per heavy atom. The zero-order valence-corrected chi connectivity index (χ0v) is 25.4. The van der Waals surface area contributed by atoms with Gasteiger partial charge >= 0.3 is 0 Å². The van der Waals surface area contributed by atoms with Gasteiger partial charge in [0.25, 0.3) is 0 Å². The summed E-state index contributed by atoms with van der Waals surface area (Å²) < 4.78 is 3.91. The number of aliphatic hydroxyl groups excluding tert-OH is 1. The van der Waals surface area contributed by atoms with Gasteiger partial charge in [0, 0.05) is 50.0 Å². The average Bonchev–Trinajstić information content (AvgIpc) is 3.61. The van der Waals surface area contributed by atoms with E-state index in [0.717, 1.165) is 27.8 Å². The van der Waals surface area contributed by atoms with E-state index >= 15 is 0 Å². The minimum absolute atomic E-state index is 0.0784. The Morgan fingerprint density at radius 2 is 1.58 bits per heavy atom. The number of allylic oxidation sites excluding steroid dienone is 2. The number of aliphatic hydroxyl groups is 1. The minimum atomic E-state index is -0.831. The molecule has 3 N–H and O–H groups in total. The minimum Gasteiger partial charge on any atom is -0.505 e. The van der Waals surface area contributed by atoms with Crippen molar-refractivity contribution in [2.45, 2.75) is 33.8 Å². The lowest BCUT2D eigenvalue weighted by atomic mass is 9.78. The van der Waals surface area contributed by atoms with E-state index < -0.39 is 6.10 Å². The molecule has 0 fully saturated rings. The maximum Gasteiger partial charge on any atom is 0.153 e. The van der Waals surface area contributed by atoms with E-state index in [-0.39, 0.29) is 23.1 Å². The van der Waals surface area contributed by atoms with Gasteiger partial charge in [0.15, 0.2) is 11.4 Å². The van der Waals surface area contributed by atoms with E-state index in [1.165, 1.54) is 19.5 Å². The first-order valence-electron chi connectivity index (χ1n) is 14.3. The van der Waals surface area contributed by atoms with Gasteiger partial charge in [0.1, 0.15) is 17.4 Å². The van der Waals surface area contributed by atoms with Gasteiger partial charge in [0.2, 0.25) is 0 Å². The van der Waals surface area contributed by atoms with Crippen molar-refractivity contribution in [2.75, 3.05) is 11.9 Å². The molecule has 0 saturated carbocycles. The monoisotopic (exact) mass is 588 g/mol. The molecule has 0 spiro atoms. The summed E-state index contributed by atoms with van der Waals surface area (Å²) in [5.41, 5.74) is 6.90. The number of anilines is 1. The van der Waals surface area contributed by atoms with Gasteiger partial charge in [-0.2, -0.15) is 0 Å². The molecule has 2 heterocycles. The van der Waals surface area contributed by atoms with Crippen LogP contribution < -0.4 is 4.90 Å². The van der Waals surface area contributed by atoms with Crippen LogP contribution in [0.5, 0.6) is 11.5 Å². The highest BCUT2D eigenvalue weighted by Gasteiger charge is 2.35. The molecule has 7 rings (SSSR count). The smallest absolute Gasteiger partial charge is 0.153 e. The highest BCUT2D eigenvalue weighted by Crippen LogP contribution is 2.48. The number of thiophene rings is 1. The molecule has 2 atom stereocenters. The lowest BCUT2D eigenvalue weighted by molar-refractivity contribution is 0.163. The molecule has 7 nitrogen and oxygen atoms in total. The Labute approximate surface area is 253 Å². The molecular formula is C35H32N4O3S. The fourth-order valence-electron chi connectivity index (χ4n) is 6.33. The number of aromatic nitrogens is 3. The number of hydrogen-bond donors (Lipinski definition) is 3. The number of para-hydroxylation sites is 1. The van der Waals surface area contributed by atoms with Crippen molar-refractivity contribution in [3.05, 3.63) is 101 Å². The first kappa shape index (κ1) is 27.2. The van der Waals surface area contributed by atoms with E-state index in [1.54, 1.807) is 24.3 Å². The van der Waals surface area contributed by atoms with Gasteiger partial charge in [-0.25, -0.2) is 4.68 Å². The standard InChI is InChI=1S/C35H32N4O3S/c1-18-16-25(35(42)32(33(18)40)39-27-12-8-7-11-26(27)36-37-39)30-20(3)19(2)21(4)34(41)31(30)38(5)22-14-15-29-24(17-22)23-10-6-9-13-28(23)43-29/h6-17,21,34,40-42H,1-5H3. The highest BCUT2D eigenvalue weighted by molar-refractivity contribution is 7.25. The third kappa shape index (κ3) is 4.05. The molecule has 43 heavy (non-hydrogen) atoms. The second-order valence-electron chi connectivity index (χ2n) is 11.4. The number of rotatable bonds is 4. The van der Waals surface area contributed by atoms with Crippen LogP contribution in [-0.2, 0) is 0 Å². The fourth-order valence-corrected chi connectivity index (χ4v) is 7.41. The Hall–Kier alpha value is -4.66. The molecule has 0 amide bonds. The Bertz CT molecular complexity index is 2160. The Kier molecular flexibility index (Phi) is 6.30. The molecule has 216 valence electrons. The van der Waals surface area contributed by atoms with Crippen LogP contribution in [0.25, 0.3) is 42.5 Å². The summed E-state index contributed by atoms with van der Waals surface area (Å²) >= 11 is 1.77. The Morgan fingerprint density at radius 1 is 0.860 bits per heavy atom. The number of phenols is 2. The lowest BCUT2D eigenvalue weighted by Gasteiger charge is -2.38. The van der Waals surface area contributed by atoms with Crippen molar-refractivity contribution in [1.82, 2.24) is 15.0 Å². The van der Waals surface area contributed by atoms with E-state index in [4.69, 9.17) is 0 Å². The third-order valence-corrected chi connectivity index (χ3v) is 10.2. The van der Waals surface area contributed by atoms with Crippen LogP contribution in [-0.4, -0.2) is 43.5 Å². The van der Waals surface area contributed by atoms with Gasteiger partial charge in [0.05, 0.1) is 11.2 Å². The number of hydrogen-bond acceptors (Lipinski definition) is 7. The van der Waals surface area contributed by atoms with Crippen molar-refractivity contribution in [1.29, 1.82) is 0 Å². The van der Waals surface area contributed by atoms with Crippen LogP contribution in [0.3, 0.4) is 0 Å². The van der Waals surface area contributed by atoms with Gasteiger partial charge in [-0.15, -0.1) is 16.4 Å². The summed E-state index contributed by atoms with van der Waals surface area (Å²) in [5.74, 6) is -0.343. The van der Waals surface area contributed by atoms with Crippen LogP contribution >= 0.6 is 11.3 Å². The zero-order valence-electron chi connectivity index (χ0n) is 24.6. The first-order chi connectivity index (χ1) is 20.7. The normalized spacial score (nSPS) is 17.5. The number of fused-ring (bicyclic) bond motifs is 4. The number of aromatic hydroxyl groups is 2. The Balaban J connectivity index is 1.48. The SMILES string of the molecule is CC1=C(C)C(C)C(O)C(N(C)c2ccc3sc4ccccc4c3c2)=C1c1cc(C)c(O)c(-n2nnc3ccccc32)c1O. The van der Waals surface area contributed by atoms with E-state index in [0.29, 0.717) is 27.9 Å². The van der Waals surface area contributed by atoms with Crippen molar-refractivity contribution in [3.63, 3.8) is 0 Å². The van der Waals surface area contributed by atoms with Crippen molar-refractivity contribution < 1.29 is 15.3 Å². The molecule has 1 aliphatic carbocycles. The topological polar surface area (TPSA) is 94.6 Å². The second-order valence-corrected chi connectivity index (χ2v) is 12.5. The summed E-state index contributed by atoms with van der Waals surface area (Å²) in [6.07, 6.45) is -0.831. The van der Waals surface area contributed by atoms with Crippen molar-refractivity contribution in [3.8, 4) is 17.2 Å². The van der Waals surface area contributed by atoms with E-state index in [9.17, 15) is 15.3 Å². The quantitative estimate of drug-likeness (QED) is 0.195. The molecule has 6 aromatic rings. The molecule has 1 aliphatic rings. The summed E-state index contributed by atoms with van der Waals surface area (Å²) in [4.78, 5) is 2.03. The molecule has 4 aromatic carbocycles. The number of aryl methyl sites for hydroxylation is 1. The highest BCUT2D eigenvalue weighted by atomic mass is 32.1. The van der Waals surface area contributed by atoms with Crippen LogP contribution in [0, 0.1) is 12.8 Å². The lowest BCUT2D eigenvalue weighted by Crippen LogP contribution is -2.36. The fraction of sp³-hybridized carbons (Fsp3) is 0.200. The molecule has 8 heteroatoms. The van der Waals surface area contributed by atoms with Crippen LogP contribution in [0.4, 0.5) is 5.69 Å². The predicted octanol–water partition coefficient (Wildman–Crippen LogP) is 7.70.